The van der Waals surface area contributed by atoms with Gasteiger partial charge in [-0.25, -0.2) is 0 Å². The van der Waals surface area contributed by atoms with Crippen LogP contribution in [0.5, 0.6) is 0 Å². The monoisotopic (exact) mass is 209 g/mol. The van der Waals surface area contributed by atoms with Crippen molar-refractivity contribution in [3.05, 3.63) is 21.9 Å². The van der Waals surface area contributed by atoms with Gasteiger partial charge in [-0.2, -0.15) is 0 Å². The van der Waals surface area contributed by atoms with Crippen molar-refractivity contribution in [1.82, 2.24) is 5.32 Å². The van der Waals surface area contributed by atoms with Gasteiger partial charge in [0.05, 0.1) is 0 Å². The molecule has 0 aromatic carbocycles. The van der Waals surface area contributed by atoms with Crippen molar-refractivity contribution in [2.45, 2.75) is 46.2 Å². The minimum atomic E-state index is 0.546. The highest BCUT2D eigenvalue weighted by molar-refractivity contribution is 7.11. The van der Waals surface area contributed by atoms with Crippen molar-refractivity contribution in [3.63, 3.8) is 0 Å². The summed E-state index contributed by atoms with van der Waals surface area (Å²) < 4.78 is 0. The summed E-state index contributed by atoms with van der Waals surface area (Å²) in [6.45, 7) is 7.93. The van der Waals surface area contributed by atoms with Crippen molar-refractivity contribution in [2.24, 2.45) is 5.41 Å². The molecule has 1 fully saturated rings. The zero-order chi connectivity index (χ0) is 10.2. The molecule has 1 nitrogen and oxygen atoms in total. The zero-order valence-electron chi connectivity index (χ0n) is 9.26. The van der Waals surface area contributed by atoms with Crippen molar-refractivity contribution >= 4 is 11.3 Å². The fourth-order valence-corrected chi connectivity index (χ4v) is 2.66. The van der Waals surface area contributed by atoms with Gasteiger partial charge in [0.2, 0.25) is 0 Å². The van der Waals surface area contributed by atoms with Crippen LogP contribution in [0.3, 0.4) is 0 Å². The van der Waals surface area contributed by atoms with Crippen LogP contribution < -0.4 is 5.32 Å². The van der Waals surface area contributed by atoms with E-state index in [4.69, 9.17) is 0 Å². The van der Waals surface area contributed by atoms with Gasteiger partial charge in [0, 0.05) is 22.3 Å². The highest BCUT2D eigenvalue weighted by Crippen LogP contribution is 2.44. The van der Waals surface area contributed by atoms with Crippen LogP contribution in [0.2, 0.25) is 0 Å². The van der Waals surface area contributed by atoms with E-state index in [1.54, 1.807) is 0 Å². The molecule has 1 aliphatic carbocycles. The average molecular weight is 209 g/mol. The number of nitrogens with one attached hydrogen (secondary N) is 1. The lowest BCUT2D eigenvalue weighted by Crippen LogP contribution is -2.19. The summed E-state index contributed by atoms with van der Waals surface area (Å²) in [4.78, 5) is 2.97. The van der Waals surface area contributed by atoms with Crippen molar-refractivity contribution in [3.8, 4) is 0 Å². The molecule has 1 N–H and O–H groups in total. The van der Waals surface area contributed by atoms with Crippen LogP contribution in [0.25, 0.3) is 0 Å². The van der Waals surface area contributed by atoms with Crippen molar-refractivity contribution in [2.75, 3.05) is 0 Å². The smallest absolute Gasteiger partial charge is 0.0302 e. The molecule has 0 amide bonds. The summed E-state index contributed by atoms with van der Waals surface area (Å²) >= 11 is 1.94. The second-order valence-corrected chi connectivity index (χ2v) is 6.10. The molecule has 78 valence electrons. The van der Waals surface area contributed by atoms with Crippen LogP contribution in [0, 0.1) is 5.41 Å². The number of hydrogen-bond donors (Lipinski definition) is 1. The Kier molecular flexibility index (Phi) is 2.67. The van der Waals surface area contributed by atoms with E-state index in [9.17, 15) is 0 Å². The number of hydrogen-bond acceptors (Lipinski definition) is 2. The molecule has 1 aliphatic rings. The lowest BCUT2D eigenvalue weighted by molar-refractivity contribution is 0.544. The lowest BCUT2D eigenvalue weighted by Gasteiger charge is -2.04. The standard InChI is InChI=1S/C12H19NS/c1-4-9-5-6-10(14-9)8-13-11-7-12(11,2)3/h5-6,11,13H,4,7-8H2,1-3H3. The van der Waals surface area contributed by atoms with E-state index in [-0.39, 0.29) is 0 Å². The normalized spacial score (nSPS) is 23.8. The minimum absolute atomic E-state index is 0.546. The first-order valence-electron chi connectivity index (χ1n) is 5.43. The molecule has 0 saturated heterocycles. The maximum atomic E-state index is 3.61. The van der Waals surface area contributed by atoms with E-state index in [0.29, 0.717) is 5.41 Å². The fraction of sp³-hybridized carbons (Fsp3) is 0.667. The molecule has 1 aromatic rings. The first-order valence-corrected chi connectivity index (χ1v) is 6.24. The minimum Gasteiger partial charge on any atom is -0.309 e. The van der Waals surface area contributed by atoms with E-state index in [0.717, 1.165) is 12.6 Å². The van der Waals surface area contributed by atoms with Crippen LogP contribution in [0.1, 0.15) is 36.9 Å². The Labute approximate surface area is 90.5 Å². The van der Waals surface area contributed by atoms with Crippen molar-refractivity contribution in [1.29, 1.82) is 0 Å². The molecule has 2 heteroatoms. The fourth-order valence-electron chi connectivity index (χ4n) is 1.75. The SMILES string of the molecule is CCc1ccc(CNC2CC2(C)C)s1. The Balaban J connectivity index is 1.81. The van der Waals surface area contributed by atoms with E-state index >= 15 is 0 Å². The first kappa shape index (κ1) is 10.2. The van der Waals surface area contributed by atoms with Gasteiger partial charge >= 0.3 is 0 Å². The van der Waals surface area contributed by atoms with E-state index in [1.807, 2.05) is 11.3 Å². The molecule has 0 spiro atoms. The van der Waals surface area contributed by atoms with E-state index in [2.05, 4.69) is 38.2 Å². The molecule has 0 bridgehead atoms. The second kappa shape index (κ2) is 3.67. The van der Waals surface area contributed by atoms with Crippen LogP contribution in [-0.4, -0.2) is 6.04 Å². The lowest BCUT2D eigenvalue weighted by atomic mass is 10.2. The number of thiophene rings is 1. The highest BCUT2D eigenvalue weighted by Gasteiger charge is 2.44. The van der Waals surface area contributed by atoms with Gasteiger partial charge in [-0.3, -0.25) is 0 Å². The molecule has 2 rings (SSSR count). The molecule has 1 unspecified atom stereocenters. The molecular weight excluding hydrogens is 190 g/mol. The first-order chi connectivity index (χ1) is 6.62. The Morgan fingerprint density at radius 2 is 2.07 bits per heavy atom. The van der Waals surface area contributed by atoms with Gasteiger partial charge < -0.3 is 5.32 Å². The van der Waals surface area contributed by atoms with Crippen molar-refractivity contribution < 1.29 is 0 Å². The van der Waals surface area contributed by atoms with Gasteiger partial charge in [0.25, 0.3) is 0 Å². The Bertz CT molecular complexity index is 314. The predicted molar refractivity (Wildman–Crippen MR) is 62.7 cm³/mol. The van der Waals surface area contributed by atoms with Crippen LogP contribution in [-0.2, 0) is 13.0 Å². The molecular formula is C12H19NS. The summed E-state index contributed by atoms with van der Waals surface area (Å²) in [5, 5.41) is 3.61. The van der Waals surface area contributed by atoms with Crippen LogP contribution in [0.4, 0.5) is 0 Å². The molecule has 1 aromatic heterocycles. The maximum Gasteiger partial charge on any atom is 0.0302 e. The van der Waals surface area contributed by atoms with Gasteiger partial charge in [-0.05, 0) is 30.4 Å². The second-order valence-electron chi connectivity index (χ2n) is 4.85. The largest absolute Gasteiger partial charge is 0.309 e. The maximum absolute atomic E-state index is 3.61. The van der Waals surface area contributed by atoms with Crippen LogP contribution in [0.15, 0.2) is 12.1 Å². The molecule has 0 radical (unpaired) electrons. The average Bonchev–Trinajstić information content (AvgIpc) is 2.62. The molecule has 1 heterocycles. The van der Waals surface area contributed by atoms with E-state index < -0.39 is 0 Å². The summed E-state index contributed by atoms with van der Waals surface area (Å²) in [6, 6.07) is 5.25. The summed E-state index contributed by atoms with van der Waals surface area (Å²) in [7, 11) is 0. The Hall–Kier alpha value is -0.340. The molecule has 1 saturated carbocycles. The third kappa shape index (κ3) is 2.18. The molecule has 14 heavy (non-hydrogen) atoms. The summed E-state index contributed by atoms with van der Waals surface area (Å²) in [5.74, 6) is 0. The number of aryl methyl sites for hydroxylation is 1. The summed E-state index contributed by atoms with van der Waals surface area (Å²) in [5.41, 5.74) is 0.546. The predicted octanol–water partition coefficient (Wildman–Crippen LogP) is 3.20. The Morgan fingerprint density at radius 1 is 1.43 bits per heavy atom. The van der Waals surface area contributed by atoms with E-state index in [1.165, 1.54) is 22.6 Å². The topological polar surface area (TPSA) is 12.0 Å². The highest BCUT2D eigenvalue weighted by atomic mass is 32.1. The van der Waals surface area contributed by atoms with Gasteiger partial charge in [-0.15, -0.1) is 11.3 Å². The van der Waals surface area contributed by atoms with Crippen LogP contribution >= 0.6 is 11.3 Å². The van der Waals surface area contributed by atoms with Gasteiger partial charge in [0.1, 0.15) is 0 Å². The summed E-state index contributed by atoms with van der Waals surface area (Å²) in [6.07, 6.45) is 2.50. The zero-order valence-corrected chi connectivity index (χ0v) is 10.1. The molecule has 1 atom stereocenters. The number of rotatable bonds is 4. The van der Waals surface area contributed by atoms with Gasteiger partial charge in [-0.1, -0.05) is 20.8 Å². The quantitative estimate of drug-likeness (QED) is 0.803. The Morgan fingerprint density at radius 3 is 2.57 bits per heavy atom. The third-order valence-corrected chi connectivity index (χ3v) is 4.33. The van der Waals surface area contributed by atoms with Gasteiger partial charge in [0.15, 0.2) is 0 Å². The third-order valence-electron chi connectivity index (χ3n) is 3.10. The molecule has 0 aliphatic heterocycles.